The van der Waals surface area contributed by atoms with Crippen molar-refractivity contribution in [3.05, 3.63) is 35.9 Å². The number of aliphatic hydroxyl groups is 1. The number of hydrogen-bond donors (Lipinski definition) is 4. The Morgan fingerprint density at radius 1 is 1.23 bits per heavy atom. The molecule has 0 spiro atoms. The number of hydroxylamine groups is 1. The van der Waals surface area contributed by atoms with Gasteiger partial charge in [-0.05, 0) is 24.8 Å². The summed E-state index contributed by atoms with van der Waals surface area (Å²) in [5, 5.41) is 21.5. The molecule has 0 saturated carbocycles. The number of aliphatic hydroxyl groups excluding tert-OH is 1. The summed E-state index contributed by atoms with van der Waals surface area (Å²) >= 11 is 0. The molecule has 4 N–H and O–H groups in total. The van der Waals surface area contributed by atoms with E-state index in [1.54, 1.807) is 0 Å². The van der Waals surface area contributed by atoms with Gasteiger partial charge >= 0.3 is 6.09 Å². The van der Waals surface area contributed by atoms with E-state index >= 15 is 0 Å². The van der Waals surface area contributed by atoms with E-state index in [1.807, 2.05) is 44.2 Å². The first kappa shape index (κ1) is 18.4. The molecule has 0 heterocycles. The topological polar surface area (TPSA) is 90.8 Å². The molecule has 0 bridgehead atoms. The first-order valence-electron chi connectivity index (χ1n) is 7.66. The summed E-state index contributed by atoms with van der Waals surface area (Å²) in [7, 11) is 0. The van der Waals surface area contributed by atoms with E-state index in [0.717, 1.165) is 18.4 Å². The van der Waals surface area contributed by atoms with E-state index in [2.05, 4.69) is 10.8 Å². The Hall–Kier alpha value is -1.63. The second-order valence-corrected chi connectivity index (χ2v) is 5.22. The molecule has 0 radical (unpaired) electrons. The quantitative estimate of drug-likeness (QED) is 0.496. The standard InChI is InChI=1S/C16H26N2O4/c1-3-13(4-2)22-17-11-15(19)14(18-16(20)21)10-12-8-6-5-7-9-12/h5-9,13-15,17-19H,3-4,10-11H2,1-2H3,(H,20,21)/t14-,15-/m0/s1. The lowest BCUT2D eigenvalue weighted by Gasteiger charge is -2.24. The lowest BCUT2D eigenvalue weighted by molar-refractivity contribution is -0.0470. The van der Waals surface area contributed by atoms with E-state index in [0.29, 0.717) is 6.42 Å². The van der Waals surface area contributed by atoms with Gasteiger partial charge in [0.25, 0.3) is 0 Å². The summed E-state index contributed by atoms with van der Waals surface area (Å²) in [4.78, 5) is 16.3. The van der Waals surface area contributed by atoms with E-state index < -0.39 is 18.2 Å². The lowest BCUT2D eigenvalue weighted by atomic mass is 10.0. The van der Waals surface area contributed by atoms with Gasteiger partial charge in [0.15, 0.2) is 0 Å². The molecule has 1 aromatic rings. The van der Waals surface area contributed by atoms with Crippen molar-refractivity contribution < 1.29 is 19.8 Å². The molecule has 0 saturated heterocycles. The molecule has 124 valence electrons. The van der Waals surface area contributed by atoms with E-state index in [-0.39, 0.29) is 12.6 Å². The molecule has 22 heavy (non-hydrogen) atoms. The molecule has 0 aliphatic carbocycles. The van der Waals surface area contributed by atoms with Gasteiger partial charge in [-0.2, -0.15) is 5.48 Å². The van der Waals surface area contributed by atoms with Crippen LogP contribution in [0.15, 0.2) is 30.3 Å². The monoisotopic (exact) mass is 310 g/mol. The zero-order valence-electron chi connectivity index (χ0n) is 13.2. The normalized spacial score (nSPS) is 13.8. The van der Waals surface area contributed by atoms with Gasteiger partial charge in [0.1, 0.15) is 0 Å². The highest BCUT2D eigenvalue weighted by molar-refractivity contribution is 5.65. The highest BCUT2D eigenvalue weighted by atomic mass is 16.7. The van der Waals surface area contributed by atoms with Gasteiger partial charge in [0.05, 0.1) is 18.2 Å². The molecule has 0 aliphatic heterocycles. The van der Waals surface area contributed by atoms with Crippen molar-refractivity contribution in [2.45, 2.75) is 51.4 Å². The number of benzene rings is 1. The first-order valence-corrected chi connectivity index (χ1v) is 7.66. The molecule has 1 amide bonds. The molecule has 0 unspecified atom stereocenters. The van der Waals surface area contributed by atoms with Gasteiger partial charge in [0, 0.05) is 6.54 Å². The van der Waals surface area contributed by atoms with Gasteiger partial charge in [0.2, 0.25) is 0 Å². The second kappa shape index (κ2) is 10.2. The Morgan fingerprint density at radius 3 is 2.41 bits per heavy atom. The Kier molecular flexibility index (Phi) is 8.50. The number of amides is 1. The van der Waals surface area contributed by atoms with E-state index in [1.165, 1.54) is 0 Å². The SMILES string of the molecule is CCC(CC)ONC[C@H](O)[C@H](Cc1ccccc1)NC(=O)O. The van der Waals surface area contributed by atoms with Crippen LogP contribution in [0.1, 0.15) is 32.3 Å². The maximum Gasteiger partial charge on any atom is 0.404 e. The van der Waals surface area contributed by atoms with Crippen LogP contribution < -0.4 is 10.8 Å². The summed E-state index contributed by atoms with van der Waals surface area (Å²) in [5.41, 5.74) is 3.70. The van der Waals surface area contributed by atoms with Crippen LogP contribution in [-0.4, -0.2) is 41.1 Å². The maximum atomic E-state index is 10.9. The summed E-state index contributed by atoms with van der Waals surface area (Å²) < 4.78 is 0. The number of hydrogen-bond acceptors (Lipinski definition) is 4. The fourth-order valence-electron chi connectivity index (χ4n) is 2.16. The van der Waals surface area contributed by atoms with Gasteiger partial charge in [-0.1, -0.05) is 44.2 Å². The van der Waals surface area contributed by atoms with Gasteiger partial charge in [-0.25, -0.2) is 4.79 Å². The highest BCUT2D eigenvalue weighted by Crippen LogP contribution is 2.07. The third-order valence-electron chi connectivity index (χ3n) is 3.52. The van der Waals surface area contributed by atoms with Crippen molar-refractivity contribution in [2.75, 3.05) is 6.54 Å². The average Bonchev–Trinajstić information content (AvgIpc) is 2.51. The Balaban J connectivity index is 2.53. The third-order valence-corrected chi connectivity index (χ3v) is 3.52. The van der Waals surface area contributed by atoms with Crippen molar-refractivity contribution >= 4 is 6.09 Å². The molecule has 1 aromatic carbocycles. The minimum absolute atomic E-state index is 0.0900. The first-order chi connectivity index (χ1) is 10.6. The molecule has 6 heteroatoms. The van der Waals surface area contributed by atoms with Crippen LogP contribution in [-0.2, 0) is 11.3 Å². The Bertz CT molecular complexity index is 423. The maximum absolute atomic E-state index is 10.9. The van der Waals surface area contributed by atoms with Crippen LogP contribution in [0, 0.1) is 0 Å². The van der Waals surface area contributed by atoms with Crippen molar-refractivity contribution in [3.8, 4) is 0 Å². The van der Waals surface area contributed by atoms with Crippen molar-refractivity contribution in [1.82, 2.24) is 10.8 Å². The second-order valence-electron chi connectivity index (χ2n) is 5.22. The molecule has 0 aliphatic rings. The highest BCUT2D eigenvalue weighted by Gasteiger charge is 2.21. The third kappa shape index (κ3) is 6.89. The van der Waals surface area contributed by atoms with E-state index in [9.17, 15) is 9.90 Å². The predicted molar refractivity (Wildman–Crippen MR) is 84.6 cm³/mol. The smallest absolute Gasteiger partial charge is 0.404 e. The zero-order valence-corrected chi connectivity index (χ0v) is 13.2. The average molecular weight is 310 g/mol. The van der Waals surface area contributed by atoms with Crippen LogP contribution in [0.25, 0.3) is 0 Å². The fourth-order valence-corrected chi connectivity index (χ4v) is 2.16. The van der Waals surface area contributed by atoms with Gasteiger partial charge in [-0.3, -0.25) is 4.84 Å². The minimum Gasteiger partial charge on any atom is -0.465 e. The molecule has 0 fully saturated rings. The van der Waals surface area contributed by atoms with E-state index in [4.69, 9.17) is 9.94 Å². The lowest BCUT2D eigenvalue weighted by Crippen LogP contribution is -2.48. The minimum atomic E-state index is -1.15. The molecule has 1 rings (SSSR count). The molecule has 0 aromatic heterocycles. The number of carbonyl (C=O) groups is 1. The number of nitrogens with one attached hydrogen (secondary N) is 2. The summed E-state index contributed by atoms with van der Waals surface area (Å²) in [5.74, 6) is 0. The molecule has 6 nitrogen and oxygen atoms in total. The molecule has 2 atom stereocenters. The van der Waals surface area contributed by atoms with Crippen molar-refractivity contribution in [3.63, 3.8) is 0 Å². The summed E-state index contributed by atoms with van der Waals surface area (Å²) in [6, 6.07) is 8.86. The summed E-state index contributed by atoms with van der Waals surface area (Å²) in [6.07, 6.45) is 0.223. The van der Waals surface area contributed by atoms with Gasteiger partial charge < -0.3 is 15.5 Å². The number of rotatable bonds is 10. The van der Waals surface area contributed by atoms with Crippen LogP contribution in [0.4, 0.5) is 4.79 Å². The van der Waals surface area contributed by atoms with Crippen LogP contribution in [0.3, 0.4) is 0 Å². The summed E-state index contributed by atoms with van der Waals surface area (Å²) in [6.45, 7) is 4.21. The largest absolute Gasteiger partial charge is 0.465 e. The molecular formula is C16H26N2O4. The fraction of sp³-hybridized carbons (Fsp3) is 0.562. The van der Waals surface area contributed by atoms with Crippen LogP contribution in [0.2, 0.25) is 0 Å². The Morgan fingerprint density at radius 2 is 1.86 bits per heavy atom. The van der Waals surface area contributed by atoms with Crippen molar-refractivity contribution in [2.24, 2.45) is 0 Å². The zero-order chi connectivity index (χ0) is 16.4. The molecular weight excluding hydrogens is 284 g/mol. The number of carboxylic acid groups (broad SMARTS) is 1. The predicted octanol–water partition coefficient (Wildman–Crippen LogP) is 1.94. The van der Waals surface area contributed by atoms with Crippen LogP contribution >= 0.6 is 0 Å². The van der Waals surface area contributed by atoms with Crippen LogP contribution in [0.5, 0.6) is 0 Å². The Labute approximate surface area is 131 Å². The van der Waals surface area contributed by atoms with Gasteiger partial charge in [-0.15, -0.1) is 0 Å². The van der Waals surface area contributed by atoms with Crippen molar-refractivity contribution in [1.29, 1.82) is 0 Å².